The molecule has 0 unspecified atom stereocenters. The van der Waals surface area contributed by atoms with E-state index in [-0.39, 0.29) is 18.2 Å². The van der Waals surface area contributed by atoms with Gasteiger partial charge in [-0.05, 0) is 18.2 Å². The minimum atomic E-state index is -0.265. The van der Waals surface area contributed by atoms with Crippen molar-refractivity contribution in [3.63, 3.8) is 0 Å². The van der Waals surface area contributed by atoms with Crippen LogP contribution in [0.15, 0.2) is 42.5 Å². The molecule has 0 spiro atoms. The lowest BCUT2D eigenvalue weighted by molar-refractivity contribution is -0.616. The van der Waals surface area contributed by atoms with Crippen molar-refractivity contribution in [2.45, 2.75) is 0 Å². The van der Waals surface area contributed by atoms with Crippen LogP contribution in [-0.2, 0) is 7.05 Å². The molecule has 0 aliphatic heterocycles. The van der Waals surface area contributed by atoms with Crippen molar-refractivity contribution in [1.82, 2.24) is 4.98 Å². The van der Waals surface area contributed by atoms with Gasteiger partial charge in [0.05, 0.1) is 21.3 Å². The Hall–Kier alpha value is -1.84. The zero-order valence-corrected chi connectivity index (χ0v) is 12.7. The Morgan fingerprint density at radius 1 is 1.00 bits per heavy atom. The van der Waals surface area contributed by atoms with Crippen LogP contribution in [0.25, 0.3) is 32.8 Å². The molecule has 0 radical (unpaired) electrons. The summed E-state index contributed by atoms with van der Waals surface area (Å²) in [4.78, 5) is 3.12. The number of pyridine rings is 1. The number of benzene rings is 2. The van der Waals surface area contributed by atoms with Crippen LogP contribution in [0.3, 0.4) is 0 Å². The van der Waals surface area contributed by atoms with E-state index >= 15 is 0 Å². The first-order valence-electron chi connectivity index (χ1n) is 6.34. The first-order chi connectivity index (χ1) is 9.68. The molecule has 4 rings (SSSR count). The lowest BCUT2D eigenvalue weighted by atomic mass is 10.1. The van der Waals surface area contributed by atoms with Gasteiger partial charge in [0.2, 0.25) is 11.0 Å². The molecule has 0 amide bonds. The van der Waals surface area contributed by atoms with E-state index in [1.54, 1.807) is 6.07 Å². The second kappa shape index (κ2) is 4.86. The van der Waals surface area contributed by atoms with E-state index < -0.39 is 0 Å². The van der Waals surface area contributed by atoms with Crippen molar-refractivity contribution in [1.29, 1.82) is 0 Å². The number of halogens is 3. The van der Waals surface area contributed by atoms with Gasteiger partial charge in [-0.15, -0.1) is 12.4 Å². The molecule has 21 heavy (non-hydrogen) atoms. The van der Waals surface area contributed by atoms with E-state index in [1.165, 1.54) is 6.07 Å². The summed E-state index contributed by atoms with van der Waals surface area (Å²) in [5.74, 6) is -0.265. The number of nitrogens with zero attached hydrogens (tertiary/aromatic N) is 1. The summed E-state index contributed by atoms with van der Waals surface area (Å²) >= 11 is 6.50. The summed E-state index contributed by atoms with van der Waals surface area (Å²) in [5.41, 5.74) is 3.21. The maximum atomic E-state index is 14.0. The standard InChI is InChI=1S/C16H10ClFN2.ClH/c1-20-12-8-3-2-5-9(12)13(17)15-16(20)10-6-4-7-11(18)14(10)19-15;/h2-8H,1H3;1H/p+1. The maximum Gasteiger partial charge on any atom is 0.240 e. The highest BCUT2D eigenvalue weighted by atomic mass is 35.5. The monoisotopic (exact) mass is 321 g/mol. The maximum absolute atomic E-state index is 14.0. The third-order valence-corrected chi connectivity index (χ3v) is 4.20. The molecule has 2 aromatic heterocycles. The Morgan fingerprint density at radius 2 is 1.71 bits per heavy atom. The summed E-state index contributed by atoms with van der Waals surface area (Å²) in [6.45, 7) is 0. The molecule has 106 valence electrons. The number of fused-ring (bicyclic) bond motifs is 4. The second-order valence-corrected chi connectivity index (χ2v) is 5.28. The number of rotatable bonds is 0. The van der Waals surface area contributed by atoms with E-state index in [4.69, 9.17) is 11.6 Å². The minimum absolute atomic E-state index is 0. The number of aromatic nitrogens is 2. The van der Waals surface area contributed by atoms with Crippen LogP contribution in [0, 0.1) is 5.82 Å². The van der Waals surface area contributed by atoms with Gasteiger partial charge in [-0.25, -0.2) is 4.39 Å². The average Bonchev–Trinajstić information content (AvgIpc) is 2.86. The number of para-hydroxylation sites is 2. The molecular weight excluding hydrogens is 310 g/mol. The summed E-state index contributed by atoms with van der Waals surface area (Å²) in [7, 11) is 1.97. The molecule has 0 saturated carbocycles. The van der Waals surface area contributed by atoms with Gasteiger partial charge < -0.3 is 4.98 Å². The van der Waals surface area contributed by atoms with Gasteiger partial charge in [-0.2, -0.15) is 4.57 Å². The van der Waals surface area contributed by atoms with E-state index in [1.807, 2.05) is 37.4 Å². The molecule has 2 aromatic carbocycles. The largest absolute Gasteiger partial charge is 0.346 e. The van der Waals surface area contributed by atoms with E-state index in [0.29, 0.717) is 10.5 Å². The van der Waals surface area contributed by atoms with Crippen LogP contribution in [-0.4, -0.2) is 4.98 Å². The second-order valence-electron chi connectivity index (χ2n) is 4.90. The Labute approximate surface area is 131 Å². The van der Waals surface area contributed by atoms with Gasteiger partial charge in [0.1, 0.15) is 18.4 Å². The third kappa shape index (κ3) is 1.81. The molecule has 1 N–H and O–H groups in total. The van der Waals surface area contributed by atoms with Gasteiger partial charge in [0.25, 0.3) is 0 Å². The first kappa shape index (κ1) is 14.1. The summed E-state index contributed by atoms with van der Waals surface area (Å²) < 4.78 is 16.0. The van der Waals surface area contributed by atoms with Crippen LogP contribution in [0.1, 0.15) is 0 Å². The van der Waals surface area contributed by atoms with Crippen LogP contribution >= 0.6 is 24.0 Å². The zero-order valence-electron chi connectivity index (χ0n) is 11.2. The van der Waals surface area contributed by atoms with Gasteiger partial charge in [0, 0.05) is 6.07 Å². The topological polar surface area (TPSA) is 19.7 Å². The number of nitrogens with one attached hydrogen (secondary N) is 1. The van der Waals surface area contributed by atoms with E-state index in [9.17, 15) is 4.39 Å². The van der Waals surface area contributed by atoms with Gasteiger partial charge >= 0.3 is 0 Å². The molecule has 4 aromatic rings. The fraction of sp³-hybridized carbons (Fsp3) is 0.0625. The van der Waals surface area contributed by atoms with Crippen LogP contribution in [0.2, 0.25) is 5.02 Å². The van der Waals surface area contributed by atoms with Crippen LogP contribution in [0.4, 0.5) is 4.39 Å². The lowest BCUT2D eigenvalue weighted by Gasteiger charge is -2.01. The highest BCUT2D eigenvalue weighted by Crippen LogP contribution is 2.33. The summed E-state index contributed by atoms with van der Waals surface area (Å²) in [6.07, 6.45) is 0. The average molecular weight is 322 g/mol. The summed E-state index contributed by atoms with van der Waals surface area (Å²) in [5, 5.41) is 2.43. The number of aryl methyl sites for hydroxylation is 1. The van der Waals surface area contributed by atoms with Crippen LogP contribution < -0.4 is 4.57 Å². The van der Waals surface area contributed by atoms with Crippen molar-refractivity contribution in [2.75, 3.05) is 0 Å². The van der Waals surface area contributed by atoms with Gasteiger partial charge in [0.15, 0.2) is 0 Å². The molecule has 0 bridgehead atoms. The smallest absolute Gasteiger partial charge is 0.240 e. The highest BCUT2D eigenvalue weighted by molar-refractivity contribution is 6.40. The molecule has 0 atom stereocenters. The molecular formula is C16H12Cl2FN2+. The molecule has 0 aliphatic carbocycles. The first-order valence-corrected chi connectivity index (χ1v) is 6.72. The van der Waals surface area contributed by atoms with Crippen molar-refractivity contribution in [2.24, 2.45) is 7.05 Å². The number of aromatic amines is 1. The molecule has 5 heteroatoms. The van der Waals surface area contributed by atoms with Crippen LogP contribution in [0.5, 0.6) is 0 Å². The quantitative estimate of drug-likeness (QED) is 0.460. The zero-order chi connectivity index (χ0) is 13.9. The molecule has 0 fully saturated rings. The predicted octanol–water partition coefficient (Wildman–Crippen LogP) is 4.51. The fourth-order valence-corrected chi connectivity index (χ4v) is 3.18. The van der Waals surface area contributed by atoms with E-state index in [0.717, 1.165) is 27.3 Å². The molecule has 0 aliphatic rings. The predicted molar refractivity (Wildman–Crippen MR) is 86.7 cm³/mol. The molecule has 2 heterocycles. The van der Waals surface area contributed by atoms with Gasteiger partial charge in [-0.3, -0.25) is 0 Å². The Kier molecular flexibility index (Phi) is 3.27. The normalized spacial score (nSPS) is 11.2. The number of hydrogen-bond acceptors (Lipinski definition) is 0. The number of hydrogen-bond donors (Lipinski definition) is 1. The lowest BCUT2D eigenvalue weighted by Crippen LogP contribution is -2.29. The van der Waals surface area contributed by atoms with Crippen molar-refractivity contribution in [3.8, 4) is 0 Å². The Bertz CT molecular complexity index is 992. The van der Waals surface area contributed by atoms with Crippen molar-refractivity contribution in [3.05, 3.63) is 53.3 Å². The fourth-order valence-electron chi connectivity index (χ4n) is 2.88. The molecule has 2 nitrogen and oxygen atoms in total. The number of H-pyrrole nitrogens is 1. The van der Waals surface area contributed by atoms with Gasteiger partial charge in [-0.1, -0.05) is 29.8 Å². The SMILES string of the molecule is C[n+]1c2ccccc2c(Cl)c2[nH]c3c(F)cccc3c21.Cl. The summed E-state index contributed by atoms with van der Waals surface area (Å²) in [6, 6.07) is 13.0. The Balaban J connectivity index is 0.00000132. The molecule has 0 saturated heterocycles. The van der Waals surface area contributed by atoms with Crippen molar-refractivity contribution >= 4 is 56.8 Å². The Morgan fingerprint density at radius 3 is 2.52 bits per heavy atom. The van der Waals surface area contributed by atoms with Crippen molar-refractivity contribution < 1.29 is 8.96 Å². The minimum Gasteiger partial charge on any atom is -0.346 e. The van der Waals surface area contributed by atoms with E-state index in [2.05, 4.69) is 9.55 Å². The highest BCUT2D eigenvalue weighted by Gasteiger charge is 2.22. The third-order valence-electron chi connectivity index (χ3n) is 3.81.